The largest absolute Gasteiger partial charge is 0.675 e. The van der Waals surface area contributed by atoms with Gasteiger partial charge in [0, 0.05) is 12.1 Å². The molecule has 0 aliphatic rings. The lowest BCUT2D eigenvalue weighted by atomic mass is 10.5. The van der Waals surface area contributed by atoms with Crippen molar-refractivity contribution in [3.05, 3.63) is 22.5 Å². The third kappa shape index (κ3) is 1.09. The zero-order valence-electron chi connectivity index (χ0n) is 5.94. The first-order chi connectivity index (χ1) is 5.16. The fraction of sp³-hybridized carbons (Fsp3) is 0.200. The van der Waals surface area contributed by atoms with Crippen LogP contribution in [0.4, 0.5) is 11.6 Å². The van der Waals surface area contributed by atoms with Gasteiger partial charge < -0.3 is 10.4 Å². The Labute approximate surface area is 63.0 Å². The van der Waals surface area contributed by atoms with E-state index in [-0.39, 0.29) is 21.3 Å². The minimum absolute atomic E-state index is 0.0613. The van der Waals surface area contributed by atoms with Crippen molar-refractivity contribution in [1.82, 2.24) is 0 Å². The Balaban J connectivity index is 3.25. The predicted molar refractivity (Wildman–Crippen MR) is 38.3 cm³/mol. The molecule has 60 valence electrons. The van der Waals surface area contributed by atoms with Crippen LogP contribution in [0, 0.1) is 10.4 Å². The van der Waals surface area contributed by atoms with E-state index < -0.39 is 0 Å². The van der Waals surface area contributed by atoms with E-state index in [0.717, 1.165) is 0 Å². The summed E-state index contributed by atoms with van der Waals surface area (Å²) < 4.78 is 0. The highest BCUT2D eigenvalue weighted by Gasteiger charge is 2.07. The van der Waals surface area contributed by atoms with Crippen LogP contribution in [0.25, 0.3) is 0 Å². The SMILES string of the molecule is CNc1ccc(N)[n+]([O-])[n+]1[O-]. The summed E-state index contributed by atoms with van der Waals surface area (Å²) in [6, 6.07) is 2.78. The Morgan fingerprint density at radius 2 is 2.00 bits per heavy atom. The molecular formula is C5H8N4O2. The normalized spacial score (nSPS) is 9.55. The number of anilines is 2. The van der Waals surface area contributed by atoms with E-state index >= 15 is 0 Å². The molecule has 6 heteroatoms. The molecule has 1 aromatic heterocycles. The van der Waals surface area contributed by atoms with Crippen LogP contribution in [0.1, 0.15) is 0 Å². The Morgan fingerprint density at radius 3 is 2.55 bits per heavy atom. The molecule has 0 bridgehead atoms. The van der Waals surface area contributed by atoms with E-state index in [9.17, 15) is 10.4 Å². The van der Waals surface area contributed by atoms with Gasteiger partial charge in [-0.1, -0.05) is 9.69 Å². The van der Waals surface area contributed by atoms with Crippen molar-refractivity contribution >= 4 is 11.6 Å². The monoisotopic (exact) mass is 156 g/mol. The second-order valence-corrected chi connectivity index (χ2v) is 1.94. The lowest BCUT2D eigenvalue weighted by molar-refractivity contribution is -1.17. The Morgan fingerprint density at radius 1 is 1.36 bits per heavy atom. The van der Waals surface area contributed by atoms with Crippen molar-refractivity contribution in [2.24, 2.45) is 0 Å². The summed E-state index contributed by atoms with van der Waals surface area (Å²) in [4.78, 5) is 0.196. The third-order valence-electron chi connectivity index (χ3n) is 1.26. The van der Waals surface area contributed by atoms with Crippen LogP contribution in [0.5, 0.6) is 0 Å². The van der Waals surface area contributed by atoms with E-state index in [1.165, 1.54) is 12.1 Å². The van der Waals surface area contributed by atoms with Crippen LogP contribution in [0.3, 0.4) is 0 Å². The number of nitrogens with zero attached hydrogens (tertiary/aromatic N) is 2. The number of nitrogens with two attached hydrogens (primary N) is 1. The molecule has 0 aromatic carbocycles. The number of nitrogens with one attached hydrogen (secondary N) is 1. The van der Waals surface area contributed by atoms with E-state index in [4.69, 9.17) is 5.73 Å². The minimum Gasteiger partial charge on any atom is -0.675 e. The highest BCUT2D eigenvalue weighted by atomic mass is 16.6. The van der Waals surface area contributed by atoms with Gasteiger partial charge in [-0.2, -0.15) is 0 Å². The summed E-state index contributed by atoms with van der Waals surface area (Å²) in [6.07, 6.45) is 0. The molecule has 0 fully saturated rings. The molecule has 0 atom stereocenters. The van der Waals surface area contributed by atoms with Crippen LogP contribution in [-0.2, 0) is 0 Å². The van der Waals surface area contributed by atoms with E-state index in [1.54, 1.807) is 7.05 Å². The standard InChI is InChI=1S/C5H8N4O2/c1-7-5-3-2-4(6)8(10)9(5)11/h2-3,7H,6H2,1H3. The van der Waals surface area contributed by atoms with Gasteiger partial charge in [-0.05, 0) is 0 Å². The number of hydrogen-bond acceptors (Lipinski definition) is 4. The van der Waals surface area contributed by atoms with E-state index in [2.05, 4.69) is 5.32 Å². The fourth-order valence-corrected chi connectivity index (χ4v) is 0.674. The first kappa shape index (κ1) is 7.39. The summed E-state index contributed by atoms with van der Waals surface area (Å²) in [5, 5.41) is 24.1. The number of nitrogen functional groups attached to an aromatic ring is 1. The maximum Gasteiger partial charge on any atom is 0.315 e. The van der Waals surface area contributed by atoms with Crippen molar-refractivity contribution in [2.45, 2.75) is 0 Å². The van der Waals surface area contributed by atoms with Crippen LogP contribution >= 0.6 is 0 Å². The summed E-state index contributed by atoms with van der Waals surface area (Å²) in [5.41, 5.74) is 5.15. The highest BCUT2D eigenvalue weighted by Crippen LogP contribution is 1.96. The molecule has 0 amide bonds. The average molecular weight is 156 g/mol. The predicted octanol–water partition coefficient (Wildman–Crippen LogP) is -1.42. The van der Waals surface area contributed by atoms with Gasteiger partial charge >= 0.3 is 11.6 Å². The van der Waals surface area contributed by atoms with Crippen LogP contribution in [0.15, 0.2) is 12.1 Å². The van der Waals surface area contributed by atoms with Gasteiger partial charge in [0.25, 0.3) is 0 Å². The fourth-order valence-electron chi connectivity index (χ4n) is 0.674. The molecular weight excluding hydrogens is 148 g/mol. The van der Waals surface area contributed by atoms with Gasteiger partial charge in [0.2, 0.25) is 0 Å². The van der Waals surface area contributed by atoms with Gasteiger partial charge in [0.1, 0.15) is 0 Å². The van der Waals surface area contributed by atoms with Crippen molar-refractivity contribution in [3.63, 3.8) is 0 Å². The topological polar surface area (TPSA) is 91.9 Å². The lowest BCUT2D eigenvalue weighted by Crippen LogP contribution is -2.62. The molecule has 0 radical (unpaired) electrons. The minimum atomic E-state index is -0.126. The van der Waals surface area contributed by atoms with E-state index in [0.29, 0.717) is 0 Å². The molecule has 1 aromatic rings. The highest BCUT2D eigenvalue weighted by molar-refractivity contribution is 5.30. The van der Waals surface area contributed by atoms with Crippen molar-refractivity contribution in [2.75, 3.05) is 18.1 Å². The van der Waals surface area contributed by atoms with Crippen LogP contribution in [0.2, 0.25) is 0 Å². The number of aromatic nitrogens is 2. The average Bonchev–Trinajstić information content (AvgIpc) is 2.01. The summed E-state index contributed by atoms with van der Waals surface area (Å²) in [7, 11) is 1.54. The Bertz CT molecular complexity index is 275. The molecule has 3 N–H and O–H groups in total. The number of rotatable bonds is 1. The van der Waals surface area contributed by atoms with Gasteiger partial charge in [0.15, 0.2) is 0 Å². The second-order valence-electron chi connectivity index (χ2n) is 1.94. The molecule has 0 spiro atoms. The molecule has 11 heavy (non-hydrogen) atoms. The van der Waals surface area contributed by atoms with Gasteiger partial charge in [0.05, 0.1) is 7.05 Å². The van der Waals surface area contributed by atoms with Crippen molar-refractivity contribution < 1.29 is 9.69 Å². The molecule has 0 saturated carbocycles. The zero-order chi connectivity index (χ0) is 8.43. The van der Waals surface area contributed by atoms with Crippen molar-refractivity contribution in [3.8, 4) is 0 Å². The summed E-state index contributed by atoms with van der Waals surface area (Å²) in [6.45, 7) is 0. The Hall–Kier alpha value is -1.72. The molecule has 6 nitrogen and oxygen atoms in total. The quantitative estimate of drug-likeness (QED) is 0.385. The molecule has 0 unspecified atom stereocenters. The van der Waals surface area contributed by atoms with Crippen molar-refractivity contribution in [1.29, 1.82) is 0 Å². The van der Waals surface area contributed by atoms with Crippen LogP contribution < -0.4 is 20.7 Å². The summed E-state index contributed by atoms with van der Waals surface area (Å²) in [5.74, 6) is 0.0354. The third-order valence-corrected chi connectivity index (χ3v) is 1.26. The first-order valence-electron chi connectivity index (χ1n) is 2.96. The number of hydrogen-bond donors (Lipinski definition) is 2. The Kier molecular flexibility index (Phi) is 1.67. The maximum atomic E-state index is 10.8. The molecule has 0 aliphatic heterocycles. The molecule has 0 saturated heterocycles. The molecule has 0 aliphatic carbocycles. The second kappa shape index (κ2) is 2.49. The lowest BCUT2D eigenvalue weighted by Gasteiger charge is -2.11. The molecule has 1 heterocycles. The van der Waals surface area contributed by atoms with Crippen LogP contribution in [-0.4, -0.2) is 7.05 Å². The zero-order valence-corrected chi connectivity index (χ0v) is 5.94. The molecule has 1 rings (SSSR count). The smallest absolute Gasteiger partial charge is 0.315 e. The first-order valence-corrected chi connectivity index (χ1v) is 2.96. The van der Waals surface area contributed by atoms with Gasteiger partial charge in [-0.3, -0.25) is 11.1 Å². The van der Waals surface area contributed by atoms with Gasteiger partial charge in [-0.15, -0.1) is 0 Å². The van der Waals surface area contributed by atoms with E-state index in [1.807, 2.05) is 0 Å². The van der Waals surface area contributed by atoms with Gasteiger partial charge in [-0.25, -0.2) is 0 Å². The maximum absolute atomic E-state index is 10.8. The summed E-state index contributed by atoms with van der Waals surface area (Å²) >= 11 is 0.